The molecular weight excluding hydrogens is 352 g/mol. The molecule has 0 saturated carbocycles. The van der Waals surface area contributed by atoms with Gasteiger partial charge in [-0.2, -0.15) is 0 Å². The Balaban J connectivity index is 1.56. The number of carbonyl (C=O) groups excluding carboxylic acids is 1. The summed E-state index contributed by atoms with van der Waals surface area (Å²) in [7, 11) is 0. The van der Waals surface area contributed by atoms with Gasteiger partial charge < -0.3 is 5.32 Å². The van der Waals surface area contributed by atoms with Crippen LogP contribution in [0.1, 0.15) is 31.4 Å². The fourth-order valence-electron chi connectivity index (χ4n) is 2.85. The van der Waals surface area contributed by atoms with Gasteiger partial charge >= 0.3 is 0 Å². The monoisotopic (exact) mass is 371 g/mol. The Hall–Kier alpha value is -3.09. The molecule has 1 atom stereocenters. The second kappa shape index (κ2) is 8.07. The first-order valence-electron chi connectivity index (χ1n) is 8.64. The molecule has 1 unspecified atom stereocenters. The van der Waals surface area contributed by atoms with Crippen LogP contribution in [0.4, 0.5) is 8.78 Å². The molecule has 1 amide bonds. The number of aromatic nitrogens is 2. The number of rotatable bonds is 6. The molecule has 5 nitrogen and oxygen atoms in total. The van der Waals surface area contributed by atoms with E-state index in [0.29, 0.717) is 29.4 Å². The smallest absolute Gasteiger partial charge is 0.261 e. The number of benzene rings is 2. The molecule has 0 spiro atoms. The number of amides is 1. The highest BCUT2D eigenvalue weighted by Gasteiger charge is 2.12. The molecule has 0 fully saturated rings. The summed E-state index contributed by atoms with van der Waals surface area (Å²) in [5.74, 6) is -2.10. The van der Waals surface area contributed by atoms with Crippen LogP contribution in [0, 0.1) is 11.6 Å². The lowest BCUT2D eigenvalue weighted by Gasteiger charge is -2.15. The van der Waals surface area contributed by atoms with Gasteiger partial charge in [-0.05, 0) is 43.2 Å². The summed E-state index contributed by atoms with van der Waals surface area (Å²) < 4.78 is 27.8. The normalized spacial score (nSPS) is 12.1. The van der Waals surface area contributed by atoms with Crippen molar-refractivity contribution < 1.29 is 13.6 Å². The third-order valence-electron chi connectivity index (χ3n) is 4.36. The van der Waals surface area contributed by atoms with E-state index in [-0.39, 0.29) is 17.9 Å². The molecule has 0 bridgehead atoms. The van der Waals surface area contributed by atoms with Crippen molar-refractivity contribution in [2.45, 2.75) is 32.4 Å². The van der Waals surface area contributed by atoms with Gasteiger partial charge in [-0.1, -0.05) is 18.2 Å². The first-order valence-corrected chi connectivity index (χ1v) is 8.64. The van der Waals surface area contributed by atoms with E-state index in [1.54, 1.807) is 25.1 Å². The van der Waals surface area contributed by atoms with Crippen LogP contribution in [0.25, 0.3) is 10.9 Å². The summed E-state index contributed by atoms with van der Waals surface area (Å²) in [5, 5.41) is 3.28. The molecule has 140 valence electrons. The minimum Gasteiger partial charge on any atom is -0.350 e. The van der Waals surface area contributed by atoms with E-state index >= 15 is 0 Å². The zero-order valence-corrected chi connectivity index (χ0v) is 14.8. The quantitative estimate of drug-likeness (QED) is 0.723. The lowest BCUT2D eigenvalue weighted by molar-refractivity contribution is -0.121. The second-order valence-electron chi connectivity index (χ2n) is 6.33. The van der Waals surface area contributed by atoms with Gasteiger partial charge in [0.15, 0.2) is 11.6 Å². The lowest BCUT2D eigenvalue weighted by Crippen LogP contribution is -2.27. The summed E-state index contributed by atoms with van der Waals surface area (Å²) in [5.41, 5.74) is 0.977. The predicted octanol–water partition coefficient (Wildman–Crippen LogP) is 3.33. The standard InChI is InChI=1S/C20H19F2N3O2/c1-13(14-8-9-16(21)17(22)11-14)24-19(26)7-4-10-25-12-23-18-6-3-2-5-15(18)20(25)27/h2-3,5-6,8-9,11-13H,4,7,10H2,1H3,(H,24,26). The molecule has 3 aromatic rings. The number of hydrogen-bond donors (Lipinski definition) is 1. The third kappa shape index (κ3) is 4.36. The number of hydrogen-bond acceptors (Lipinski definition) is 3. The molecule has 0 aliphatic rings. The fraction of sp³-hybridized carbons (Fsp3) is 0.250. The largest absolute Gasteiger partial charge is 0.350 e. The summed E-state index contributed by atoms with van der Waals surface area (Å²) in [6, 6.07) is 10.2. The van der Waals surface area contributed by atoms with Crippen molar-refractivity contribution in [1.29, 1.82) is 0 Å². The third-order valence-corrected chi connectivity index (χ3v) is 4.36. The lowest BCUT2D eigenvalue weighted by atomic mass is 10.1. The van der Waals surface area contributed by atoms with Gasteiger partial charge in [0.2, 0.25) is 5.91 Å². The van der Waals surface area contributed by atoms with Crippen LogP contribution in [0.3, 0.4) is 0 Å². The Kier molecular flexibility index (Phi) is 5.59. The highest BCUT2D eigenvalue weighted by molar-refractivity contribution is 5.77. The Labute approximate surface area is 154 Å². The number of fused-ring (bicyclic) bond motifs is 1. The summed E-state index contributed by atoms with van der Waals surface area (Å²) in [6.07, 6.45) is 2.13. The molecule has 1 N–H and O–H groups in total. The number of nitrogens with one attached hydrogen (secondary N) is 1. The maximum atomic E-state index is 13.3. The van der Waals surface area contributed by atoms with E-state index in [1.807, 2.05) is 6.07 Å². The molecule has 2 aromatic carbocycles. The molecule has 1 aromatic heterocycles. The van der Waals surface area contributed by atoms with Crippen molar-refractivity contribution in [3.63, 3.8) is 0 Å². The molecular formula is C20H19F2N3O2. The molecule has 1 heterocycles. The molecule has 0 aliphatic heterocycles. The highest BCUT2D eigenvalue weighted by Crippen LogP contribution is 2.16. The molecule has 3 rings (SSSR count). The van der Waals surface area contributed by atoms with Gasteiger partial charge in [-0.15, -0.1) is 0 Å². The van der Waals surface area contributed by atoms with E-state index in [4.69, 9.17) is 0 Å². The second-order valence-corrected chi connectivity index (χ2v) is 6.33. The molecule has 0 radical (unpaired) electrons. The van der Waals surface area contributed by atoms with Crippen molar-refractivity contribution in [1.82, 2.24) is 14.9 Å². The van der Waals surface area contributed by atoms with Gasteiger partial charge in [-0.25, -0.2) is 13.8 Å². The Bertz CT molecular complexity index is 1030. The van der Waals surface area contributed by atoms with E-state index < -0.39 is 17.7 Å². The number of carbonyl (C=O) groups is 1. The van der Waals surface area contributed by atoms with Crippen LogP contribution < -0.4 is 10.9 Å². The number of nitrogens with zero attached hydrogens (tertiary/aromatic N) is 2. The topological polar surface area (TPSA) is 64.0 Å². The van der Waals surface area contributed by atoms with Gasteiger partial charge in [0.1, 0.15) is 0 Å². The van der Waals surface area contributed by atoms with Crippen LogP contribution in [-0.4, -0.2) is 15.5 Å². The van der Waals surface area contributed by atoms with Gasteiger partial charge in [0.25, 0.3) is 5.56 Å². The molecule has 0 saturated heterocycles. The minimum atomic E-state index is -0.947. The average Bonchev–Trinajstić information content (AvgIpc) is 2.66. The van der Waals surface area contributed by atoms with Crippen molar-refractivity contribution in [2.75, 3.05) is 0 Å². The van der Waals surface area contributed by atoms with Gasteiger partial charge in [-0.3, -0.25) is 14.2 Å². The molecule has 27 heavy (non-hydrogen) atoms. The Morgan fingerprint density at radius 2 is 1.96 bits per heavy atom. The van der Waals surface area contributed by atoms with E-state index in [1.165, 1.54) is 17.0 Å². The zero-order chi connectivity index (χ0) is 19.4. The van der Waals surface area contributed by atoms with Crippen LogP contribution in [0.15, 0.2) is 53.6 Å². The zero-order valence-electron chi connectivity index (χ0n) is 14.8. The first kappa shape index (κ1) is 18.7. The van der Waals surface area contributed by atoms with Crippen molar-refractivity contribution in [3.05, 3.63) is 76.3 Å². The average molecular weight is 371 g/mol. The van der Waals surface area contributed by atoms with Crippen molar-refractivity contribution in [3.8, 4) is 0 Å². The van der Waals surface area contributed by atoms with Gasteiger partial charge in [0, 0.05) is 13.0 Å². The number of halogens is 2. The first-order chi connectivity index (χ1) is 13.0. The fourth-order valence-corrected chi connectivity index (χ4v) is 2.85. The predicted molar refractivity (Wildman–Crippen MR) is 98.2 cm³/mol. The maximum absolute atomic E-state index is 13.3. The van der Waals surface area contributed by atoms with Crippen LogP contribution in [0.2, 0.25) is 0 Å². The van der Waals surface area contributed by atoms with E-state index in [2.05, 4.69) is 10.3 Å². The summed E-state index contributed by atoms with van der Waals surface area (Å²) in [4.78, 5) is 28.7. The van der Waals surface area contributed by atoms with E-state index in [9.17, 15) is 18.4 Å². The van der Waals surface area contributed by atoms with E-state index in [0.717, 1.165) is 12.1 Å². The van der Waals surface area contributed by atoms with Crippen molar-refractivity contribution >= 4 is 16.8 Å². The highest BCUT2D eigenvalue weighted by atomic mass is 19.2. The Morgan fingerprint density at radius 3 is 2.74 bits per heavy atom. The minimum absolute atomic E-state index is 0.142. The van der Waals surface area contributed by atoms with Crippen molar-refractivity contribution in [2.24, 2.45) is 0 Å². The maximum Gasteiger partial charge on any atom is 0.261 e. The number of para-hydroxylation sites is 1. The SMILES string of the molecule is CC(NC(=O)CCCn1cnc2ccccc2c1=O)c1ccc(F)c(F)c1. The summed E-state index contributed by atoms with van der Waals surface area (Å²) >= 11 is 0. The van der Waals surface area contributed by atoms with Crippen LogP contribution in [-0.2, 0) is 11.3 Å². The summed E-state index contributed by atoms with van der Waals surface area (Å²) in [6.45, 7) is 2.06. The van der Waals surface area contributed by atoms with Gasteiger partial charge in [0.05, 0.1) is 23.3 Å². The number of aryl methyl sites for hydroxylation is 1. The van der Waals surface area contributed by atoms with Crippen LogP contribution in [0.5, 0.6) is 0 Å². The molecule has 0 aliphatic carbocycles. The molecule has 7 heteroatoms. The Morgan fingerprint density at radius 1 is 1.19 bits per heavy atom. The van der Waals surface area contributed by atoms with Crippen LogP contribution >= 0.6 is 0 Å².